The summed E-state index contributed by atoms with van der Waals surface area (Å²) in [6.07, 6.45) is 1.84. The van der Waals surface area contributed by atoms with E-state index >= 15 is 0 Å². The highest BCUT2D eigenvalue weighted by atomic mass is 79.9. The number of aromatic carboxylic acids is 1. The maximum atomic E-state index is 10.9. The molecule has 5 heteroatoms. The average molecular weight is 273 g/mol. The fourth-order valence-electron chi connectivity index (χ4n) is 2.03. The van der Waals surface area contributed by atoms with Crippen molar-refractivity contribution in [1.29, 1.82) is 0 Å². The van der Waals surface area contributed by atoms with Gasteiger partial charge in [-0.05, 0) is 29.0 Å². The van der Waals surface area contributed by atoms with Crippen molar-refractivity contribution in [2.45, 2.75) is 6.54 Å². The summed E-state index contributed by atoms with van der Waals surface area (Å²) in [5.41, 5.74) is 0.358. The zero-order valence-corrected chi connectivity index (χ0v) is 10.1. The fraction of sp³-hybridized carbons (Fsp3) is 0.500. The number of halogens is 1. The highest BCUT2D eigenvalue weighted by molar-refractivity contribution is 9.10. The Labute approximate surface area is 96.6 Å². The molecule has 0 saturated carbocycles. The summed E-state index contributed by atoms with van der Waals surface area (Å²) < 4.78 is 2.64. The molecular weight excluding hydrogens is 260 g/mol. The third-order valence-electron chi connectivity index (χ3n) is 2.68. The predicted molar refractivity (Wildman–Crippen MR) is 60.1 cm³/mol. The van der Waals surface area contributed by atoms with Crippen LogP contribution in [0.5, 0.6) is 0 Å². The molecule has 1 aromatic heterocycles. The molecule has 2 heterocycles. The molecule has 0 unspecified atom stereocenters. The van der Waals surface area contributed by atoms with Gasteiger partial charge < -0.3 is 14.6 Å². The van der Waals surface area contributed by atoms with Crippen molar-refractivity contribution >= 4 is 21.9 Å². The molecule has 1 aliphatic rings. The quantitative estimate of drug-likeness (QED) is 0.908. The minimum absolute atomic E-state index is 0.358. The molecule has 15 heavy (non-hydrogen) atoms. The molecule has 0 atom stereocenters. The molecule has 2 rings (SSSR count). The third-order valence-corrected chi connectivity index (χ3v) is 3.11. The van der Waals surface area contributed by atoms with Crippen molar-refractivity contribution in [3.8, 4) is 0 Å². The van der Waals surface area contributed by atoms with Gasteiger partial charge in [-0.25, -0.2) is 4.79 Å². The zero-order valence-electron chi connectivity index (χ0n) is 8.48. The van der Waals surface area contributed by atoms with Crippen LogP contribution in [0.15, 0.2) is 16.7 Å². The van der Waals surface area contributed by atoms with Crippen LogP contribution in [0.1, 0.15) is 10.5 Å². The van der Waals surface area contributed by atoms with Crippen LogP contribution >= 0.6 is 15.9 Å². The van der Waals surface area contributed by atoms with Crippen LogP contribution in [0.3, 0.4) is 0 Å². The van der Waals surface area contributed by atoms with Gasteiger partial charge in [-0.1, -0.05) is 0 Å². The van der Waals surface area contributed by atoms with Gasteiger partial charge in [0.05, 0.1) is 0 Å². The number of carboxylic acid groups (broad SMARTS) is 1. The van der Waals surface area contributed by atoms with Crippen LogP contribution in [0.25, 0.3) is 0 Å². The van der Waals surface area contributed by atoms with Crippen LogP contribution in [0.4, 0.5) is 0 Å². The smallest absolute Gasteiger partial charge is 0.352 e. The Morgan fingerprint density at radius 1 is 1.67 bits per heavy atom. The van der Waals surface area contributed by atoms with Gasteiger partial charge in [0, 0.05) is 36.2 Å². The number of carboxylic acids is 1. The Hall–Kier alpha value is -0.810. The second-order valence-electron chi connectivity index (χ2n) is 4.09. The van der Waals surface area contributed by atoms with Crippen molar-refractivity contribution < 1.29 is 9.90 Å². The summed E-state index contributed by atoms with van der Waals surface area (Å²) in [5.74, 6) is -0.291. The lowest BCUT2D eigenvalue weighted by atomic mass is 10.0. The molecule has 0 radical (unpaired) electrons. The van der Waals surface area contributed by atoms with Crippen LogP contribution in [0, 0.1) is 5.92 Å². The van der Waals surface area contributed by atoms with E-state index in [0.717, 1.165) is 24.1 Å². The first-order chi connectivity index (χ1) is 7.06. The zero-order chi connectivity index (χ0) is 11.0. The van der Waals surface area contributed by atoms with Crippen LogP contribution in [-0.4, -0.2) is 40.7 Å². The topological polar surface area (TPSA) is 45.5 Å². The van der Waals surface area contributed by atoms with Gasteiger partial charge in [0.2, 0.25) is 0 Å². The summed E-state index contributed by atoms with van der Waals surface area (Å²) >= 11 is 3.30. The average Bonchev–Trinajstić information content (AvgIpc) is 2.44. The molecule has 0 aromatic carbocycles. The number of hydrogen-bond donors (Lipinski definition) is 1. The summed E-state index contributed by atoms with van der Waals surface area (Å²) in [6.45, 7) is 2.89. The number of hydrogen-bond acceptors (Lipinski definition) is 2. The summed E-state index contributed by atoms with van der Waals surface area (Å²) in [5, 5.41) is 8.98. The van der Waals surface area contributed by atoms with Crippen molar-refractivity contribution in [3.05, 3.63) is 22.4 Å². The van der Waals surface area contributed by atoms with Crippen molar-refractivity contribution in [2.75, 3.05) is 20.1 Å². The van der Waals surface area contributed by atoms with E-state index in [1.807, 2.05) is 10.8 Å². The highest BCUT2D eigenvalue weighted by Gasteiger charge is 2.24. The standard InChI is InChI=1S/C10H13BrN2O2/c1-12-3-7(4-12)5-13-6-8(11)2-9(13)10(14)15/h2,6-7H,3-5H2,1H3,(H,14,15). The summed E-state index contributed by atoms with van der Waals surface area (Å²) in [4.78, 5) is 13.2. The Morgan fingerprint density at radius 3 is 2.87 bits per heavy atom. The van der Waals surface area contributed by atoms with Gasteiger partial charge in [0.15, 0.2) is 0 Å². The van der Waals surface area contributed by atoms with Crippen LogP contribution < -0.4 is 0 Å². The molecule has 82 valence electrons. The summed E-state index contributed by atoms with van der Waals surface area (Å²) in [6, 6.07) is 1.64. The van der Waals surface area contributed by atoms with E-state index in [9.17, 15) is 4.79 Å². The Morgan fingerprint density at radius 2 is 2.33 bits per heavy atom. The van der Waals surface area contributed by atoms with Gasteiger partial charge in [0.25, 0.3) is 0 Å². The first-order valence-corrected chi connectivity index (χ1v) is 5.63. The minimum Gasteiger partial charge on any atom is -0.477 e. The van der Waals surface area contributed by atoms with E-state index < -0.39 is 5.97 Å². The van der Waals surface area contributed by atoms with Crippen LogP contribution in [0.2, 0.25) is 0 Å². The first kappa shape index (κ1) is 10.7. The second-order valence-corrected chi connectivity index (χ2v) is 5.00. The third kappa shape index (κ3) is 2.23. The molecule has 0 amide bonds. The SMILES string of the molecule is CN1CC(Cn2cc(Br)cc2C(=O)O)C1. The van der Waals surface area contributed by atoms with E-state index in [0.29, 0.717) is 11.6 Å². The molecule has 1 fully saturated rings. The second kappa shape index (κ2) is 3.98. The predicted octanol–water partition coefficient (Wildman–Crippen LogP) is 1.51. The molecule has 1 saturated heterocycles. The molecular formula is C10H13BrN2O2. The monoisotopic (exact) mass is 272 g/mol. The van der Waals surface area contributed by atoms with Crippen molar-refractivity contribution in [2.24, 2.45) is 5.92 Å². The largest absolute Gasteiger partial charge is 0.477 e. The maximum absolute atomic E-state index is 10.9. The molecule has 4 nitrogen and oxygen atoms in total. The number of rotatable bonds is 3. The molecule has 0 aliphatic carbocycles. The Bertz CT molecular complexity index is 383. The molecule has 0 spiro atoms. The van der Waals surface area contributed by atoms with Crippen LogP contribution in [-0.2, 0) is 6.54 Å². The number of nitrogens with zero attached hydrogens (tertiary/aromatic N) is 2. The van der Waals surface area contributed by atoms with E-state index in [1.54, 1.807) is 6.07 Å². The van der Waals surface area contributed by atoms with Gasteiger partial charge in [-0.3, -0.25) is 0 Å². The van der Waals surface area contributed by atoms with E-state index in [4.69, 9.17) is 5.11 Å². The molecule has 1 aliphatic heterocycles. The Balaban J connectivity index is 2.10. The van der Waals surface area contributed by atoms with E-state index in [-0.39, 0.29) is 0 Å². The Kier molecular flexibility index (Phi) is 2.84. The lowest BCUT2D eigenvalue weighted by Crippen LogP contribution is -2.45. The lowest BCUT2D eigenvalue weighted by molar-refractivity contribution is 0.0676. The van der Waals surface area contributed by atoms with Gasteiger partial charge in [-0.2, -0.15) is 0 Å². The van der Waals surface area contributed by atoms with E-state index in [1.165, 1.54) is 0 Å². The van der Waals surface area contributed by atoms with Crippen molar-refractivity contribution in [3.63, 3.8) is 0 Å². The van der Waals surface area contributed by atoms with E-state index in [2.05, 4.69) is 27.9 Å². The number of carbonyl (C=O) groups is 1. The van der Waals surface area contributed by atoms with Gasteiger partial charge in [-0.15, -0.1) is 0 Å². The minimum atomic E-state index is -0.867. The van der Waals surface area contributed by atoms with Gasteiger partial charge in [0.1, 0.15) is 5.69 Å². The normalized spacial score (nSPS) is 17.7. The lowest BCUT2D eigenvalue weighted by Gasteiger charge is -2.36. The first-order valence-electron chi connectivity index (χ1n) is 4.84. The maximum Gasteiger partial charge on any atom is 0.352 e. The van der Waals surface area contributed by atoms with Crippen molar-refractivity contribution in [1.82, 2.24) is 9.47 Å². The number of likely N-dealkylation sites (tertiary alicyclic amines) is 1. The highest BCUT2D eigenvalue weighted by Crippen LogP contribution is 2.20. The van der Waals surface area contributed by atoms with Gasteiger partial charge >= 0.3 is 5.97 Å². The molecule has 1 N–H and O–H groups in total. The number of aromatic nitrogens is 1. The molecule has 0 bridgehead atoms. The fourth-order valence-corrected chi connectivity index (χ4v) is 2.49. The summed E-state index contributed by atoms with van der Waals surface area (Å²) in [7, 11) is 2.07. The molecule has 1 aromatic rings.